The largest absolute Gasteiger partial charge is 0.328 e. The first-order valence-corrected chi connectivity index (χ1v) is 7.00. The number of para-hydroxylation sites is 2. The zero-order valence-corrected chi connectivity index (χ0v) is 11.9. The minimum absolute atomic E-state index is 0.0116. The maximum absolute atomic E-state index is 12.1. The van der Waals surface area contributed by atoms with Crippen molar-refractivity contribution in [1.29, 1.82) is 0 Å². The van der Waals surface area contributed by atoms with Gasteiger partial charge in [0.2, 0.25) is 0 Å². The van der Waals surface area contributed by atoms with Crippen molar-refractivity contribution < 1.29 is 4.79 Å². The van der Waals surface area contributed by atoms with Crippen molar-refractivity contribution in [3.63, 3.8) is 0 Å². The molecular weight excluding hydrogens is 250 g/mol. The minimum atomic E-state index is -0.484. The lowest BCUT2D eigenvalue weighted by molar-refractivity contribution is -0.119. The number of ketones is 1. The molecule has 4 heteroatoms. The smallest absolute Gasteiger partial charge is 0.157 e. The van der Waals surface area contributed by atoms with E-state index in [-0.39, 0.29) is 12.2 Å². The molecule has 0 saturated carbocycles. The first-order chi connectivity index (χ1) is 9.67. The van der Waals surface area contributed by atoms with Crippen molar-refractivity contribution in [2.24, 2.45) is 5.73 Å². The fourth-order valence-electron chi connectivity index (χ4n) is 2.33. The number of hydrogen-bond acceptors (Lipinski definition) is 3. The molecule has 1 atom stereocenters. The number of aromatic nitrogens is 2. The molecule has 0 aliphatic rings. The SMILES string of the molecule is C=CCC(N)C(=O)Cc1nc2ccccc2n1CCC. The summed E-state index contributed by atoms with van der Waals surface area (Å²) in [4.78, 5) is 16.7. The molecule has 0 aliphatic carbocycles. The molecule has 0 aliphatic heterocycles. The van der Waals surface area contributed by atoms with Crippen LogP contribution in [-0.4, -0.2) is 21.4 Å². The molecule has 1 aromatic heterocycles. The van der Waals surface area contributed by atoms with E-state index in [0.717, 1.165) is 29.8 Å². The summed E-state index contributed by atoms with van der Waals surface area (Å²) in [6, 6.07) is 7.48. The molecule has 106 valence electrons. The van der Waals surface area contributed by atoms with E-state index in [2.05, 4.69) is 23.1 Å². The second kappa shape index (κ2) is 6.48. The summed E-state index contributed by atoms with van der Waals surface area (Å²) < 4.78 is 2.12. The zero-order valence-electron chi connectivity index (χ0n) is 11.9. The number of hydrogen-bond donors (Lipinski definition) is 1. The Morgan fingerprint density at radius 3 is 2.95 bits per heavy atom. The first-order valence-electron chi connectivity index (χ1n) is 7.00. The first kappa shape index (κ1) is 14.5. The standard InChI is InChI=1S/C16H21N3O/c1-3-7-12(17)15(20)11-16-18-13-8-5-6-9-14(13)19(16)10-4-2/h3,5-6,8-9,12H,1,4,7,10-11,17H2,2H3. The number of nitrogens with two attached hydrogens (primary N) is 1. The summed E-state index contributed by atoms with van der Waals surface area (Å²) in [7, 11) is 0. The van der Waals surface area contributed by atoms with Crippen molar-refractivity contribution in [2.75, 3.05) is 0 Å². The Morgan fingerprint density at radius 2 is 2.25 bits per heavy atom. The highest BCUT2D eigenvalue weighted by atomic mass is 16.1. The Balaban J connectivity index is 2.31. The van der Waals surface area contributed by atoms with E-state index < -0.39 is 6.04 Å². The van der Waals surface area contributed by atoms with Gasteiger partial charge in [-0.15, -0.1) is 6.58 Å². The van der Waals surface area contributed by atoms with Crippen LogP contribution in [0.4, 0.5) is 0 Å². The number of carbonyl (C=O) groups excluding carboxylic acids is 1. The molecule has 0 saturated heterocycles. The Morgan fingerprint density at radius 1 is 1.50 bits per heavy atom. The Labute approximate surface area is 119 Å². The highest BCUT2D eigenvalue weighted by Gasteiger charge is 2.17. The zero-order chi connectivity index (χ0) is 14.5. The molecule has 1 unspecified atom stereocenters. The van der Waals surface area contributed by atoms with Crippen LogP contribution in [0.15, 0.2) is 36.9 Å². The Bertz CT molecular complexity index is 615. The third-order valence-electron chi connectivity index (χ3n) is 3.35. The summed E-state index contributed by atoms with van der Waals surface area (Å²) in [5, 5.41) is 0. The molecule has 4 nitrogen and oxygen atoms in total. The molecule has 1 heterocycles. The van der Waals surface area contributed by atoms with Crippen LogP contribution in [0.1, 0.15) is 25.6 Å². The molecule has 0 radical (unpaired) electrons. The molecule has 2 rings (SSSR count). The van der Waals surface area contributed by atoms with Gasteiger partial charge in [0, 0.05) is 6.54 Å². The third kappa shape index (κ3) is 2.96. The van der Waals surface area contributed by atoms with E-state index in [9.17, 15) is 4.79 Å². The van der Waals surface area contributed by atoms with Gasteiger partial charge in [-0.05, 0) is 25.0 Å². The number of fused-ring (bicyclic) bond motifs is 1. The summed E-state index contributed by atoms with van der Waals surface area (Å²) >= 11 is 0. The fraction of sp³-hybridized carbons (Fsp3) is 0.375. The van der Waals surface area contributed by atoms with Gasteiger partial charge in [-0.25, -0.2) is 4.98 Å². The molecular formula is C16H21N3O. The number of aryl methyl sites for hydroxylation is 1. The van der Waals surface area contributed by atoms with Crippen molar-refractivity contribution in [3.8, 4) is 0 Å². The molecule has 20 heavy (non-hydrogen) atoms. The second-order valence-corrected chi connectivity index (χ2v) is 4.94. The van der Waals surface area contributed by atoms with Gasteiger partial charge in [-0.2, -0.15) is 0 Å². The molecule has 0 fully saturated rings. The van der Waals surface area contributed by atoms with E-state index in [1.165, 1.54) is 0 Å². The van der Waals surface area contributed by atoms with Crippen LogP contribution in [0, 0.1) is 0 Å². The van der Waals surface area contributed by atoms with Crippen LogP contribution < -0.4 is 5.73 Å². The summed E-state index contributed by atoms with van der Waals surface area (Å²) in [5.41, 5.74) is 7.85. The third-order valence-corrected chi connectivity index (χ3v) is 3.35. The van der Waals surface area contributed by atoms with Gasteiger partial charge < -0.3 is 10.3 Å². The number of imidazole rings is 1. The lowest BCUT2D eigenvalue weighted by Crippen LogP contribution is -2.31. The van der Waals surface area contributed by atoms with E-state index >= 15 is 0 Å². The van der Waals surface area contributed by atoms with Crippen LogP contribution in [0.2, 0.25) is 0 Å². The van der Waals surface area contributed by atoms with Crippen LogP contribution in [0.3, 0.4) is 0 Å². The maximum atomic E-state index is 12.1. The summed E-state index contributed by atoms with van der Waals surface area (Å²) in [6.07, 6.45) is 3.47. The van der Waals surface area contributed by atoms with Gasteiger partial charge >= 0.3 is 0 Å². The Kier molecular flexibility index (Phi) is 4.69. The lowest BCUT2D eigenvalue weighted by atomic mass is 10.1. The van der Waals surface area contributed by atoms with Gasteiger partial charge in [0.25, 0.3) is 0 Å². The number of nitrogens with zero attached hydrogens (tertiary/aromatic N) is 2. The highest BCUT2D eigenvalue weighted by molar-refractivity contribution is 5.86. The highest BCUT2D eigenvalue weighted by Crippen LogP contribution is 2.17. The fourth-order valence-corrected chi connectivity index (χ4v) is 2.33. The van der Waals surface area contributed by atoms with Crippen LogP contribution >= 0.6 is 0 Å². The maximum Gasteiger partial charge on any atom is 0.157 e. The lowest BCUT2D eigenvalue weighted by Gasteiger charge is -2.10. The average Bonchev–Trinajstić information content (AvgIpc) is 2.78. The van der Waals surface area contributed by atoms with Gasteiger partial charge in [0.1, 0.15) is 5.82 Å². The monoisotopic (exact) mass is 271 g/mol. The summed E-state index contributed by atoms with van der Waals surface area (Å²) in [6.45, 7) is 6.59. The number of carbonyl (C=O) groups is 1. The number of benzene rings is 1. The van der Waals surface area contributed by atoms with Crippen molar-refractivity contribution in [2.45, 2.75) is 38.8 Å². The number of Topliss-reactive ketones (excluding diaryl/α,β-unsaturated/α-hetero) is 1. The topological polar surface area (TPSA) is 60.9 Å². The molecule has 0 spiro atoms. The van der Waals surface area contributed by atoms with Crippen molar-refractivity contribution >= 4 is 16.8 Å². The van der Waals surface area contributed by atoms with Crippen LogP contribution in [0.25, 0.3) is 11.0 Å². The van der Waals surface area contributed by atoms with Gasteiger partial charge in [0.05, 0.1) is 23.5 Å². The summed E-state index contributed by atoms with van der Waals surface area (Å²) in [5.74, 6) is 0.815. The molecule has 0 bridgehead atoms. The molecule has 2 N–H and O–H groups in total. The van der Waals surface area contributed by atoms with Crippen molar-refractivity contribution in [1.82, 2.24) is 9.55 Å². The average molecular weight is 271 g/mol. The number of rotatable bonds is 7. The molecule has 2 aromatic rings. The van der Waals surface area contributed by atoms with Crippen molar-refractivity contribution in [3.05, 3.63) is 42.7 Å². The van der Waals surface area contributed by atoms with E-state index in [4.69, 9.17) is 5.73 Å². The van der Waals surface area contributed by atoms with Gasteiger partial charge in [-0.1, -0.05) is 25.1 Å². The van der Waals surface area contributed by atoms with E-state index in [1.54, 1.807) is 6.08 Å². The van der Waals surface area contributed by atoms with Crippen LogP contribution in [-0.2, 0) is 17.8 Å². The van der Waals surface area contributed by atoms with E-state index in [1.807, 2.05) is 24.3 Å². The predicted octanol–water partition coefficient (Wildman–Crippen LogP) is 2.46. The van der Waals surface area contributed by atoms with Crippen LogP contribution in [0.5, 0.6) is 0 Å². The quantitative estimate of drug-likeness (QED) is 0.787. The normalized spacial score (nSPS) is 12.5. The van der Waals surface area contributed by atoms with Gasteiger partial charge in [0.15, 0.2) is 5.78 Å². The second-order valence-electron chi connectivity index (χ2n) is 4.94. The minimum Gasteiger partial charge on any atom is -0.328 e. The molecule has 0 amide bonds. The molecule has 1 aromatic carbocycles. The predicted molar refractivity (Wildman–Crippen MR) is 81.5 cm³/mol. The van der Waals surface area contributed by atoms with E-state index in [0.29, 0.717) is 6.42 Å². The Hall–Kier alpha value is -1.94. The van der Waals surface area contributed by atoms with Gasteiger partial charge in [-0.3, -0.25) is 4.79 Å².